The third-order valence-corrected chi connectivity index (χ3v) is 3.60. The Morgan fingerprint density at radius 3 is 2.43 bits per heavy atom. The lowest BCUT2D eigenvalue weighted by Gasteiger charge is -2.14. The maximum Gasteiger partial charge on any atom is 0.172 e. The fourth-order valence-electron chi connectivity index (χ4n) is 2.03. The molecule has 0 bridgehead atoms. The molecular weight excluding hydrogens is 336 g/mol. The standard InChI is InChI=1S/C15H17ClN4O2S/c1-21-11-4-3-5-12(22-2)10(11)6-7-19-15(23)20-14-13(16)17-8-9-18-14/h3-5,8-9H,6-7H2,1-2H3,(H2,18,19,20,23). The Balaban J connectivity index is 1.92. The third kappa shape index (κ3) is 4.67. The second-order valence-corrected chi connectivity index (χ2v) is 5.23. The molecule has 8 heteroatoms. The van der Waals surface area contributed by atoms with Gasteiger partial charge in [0.1, 0.15) is 11.5 Å². The molecule has 0 radical (unpaired) electrons. The minimum atomic E-state index is 0.267. The maximum absolute atomic E-state index is 5.92. The summed E-state index contributed by atoms with van der Waals surface area (Å²) in [4.78, 5) is 7.99. The van der Waals surface area contributed by atoms with Crippen molar-refractivity contribution in [3.8, 4) is 11.5 Å². The van der Waals surface area contributed by atoms with Crippen LogP contribution in [0.1, 0.15) is 5.56 Å². The third-order valence-electron chi connectivity index (χ3n) is 3.08. The average molecular weight is 353 g/mol. The Hall–Kier alpha value is -2.12. The van der Waals surface area contributed by atoms with Gasteiger partial charge in [0.15, 0.2) is 16.1 Å². The molecular formula is C15H17ClN4O2S. The Morgan fingerprint density at radius 2 is 1.83 bits per heavy atom. The van der Waals surface area contributed by atoms with Crippen molar-refractivity contribution >= 4 is 34.7 Å². The highest BCUT2D eigenvalue weighted by Gasteiger charge is 2.10. The van der Waals surface area contributed by atoms with Crippen LogP contribution in [0.4, 0.5) is 5.82 Å². The minimum absolute atomic E-state index is 0.267. The van der Waals surface area contributed by atoms with Crippen LogP contribution in [0, 0.1) is 0 Å². The smallest absolute Gasteiger partial charge is 0.172 e. The average Bonchev–Trinajstić information content (AvgIpc) is 2.57. The lowest BCUT2D eigenvalue weighted by molar-refractivity contribution is 0.385. The first-order valence-corrected chi connectivity index (χ1v) is 7.65. The highest BCUT2D eigenvalue weighted by molar-refractivity contribution is 7.80. The summed E-state index contributed by atoms with van der Waals surface area (Å²) >= 11 is 11.1. The topological polar surface area (TPSA) is 68.3 Å². The van der Waals surface area contributed by atoms with E-state index < -0.39 is 0 Å². The lowest BCUT2D eigenvalue weighted by Crippen LogP contribution is -2.30. The minimum Gasteiger partial charge on any atom is -0.496 e. The van der Waals surface area contributed by atoms with Gasteiger partial charge in [0.05, 0.1) is 14.2 Å². The van der Waals surface area contributed by atoms with Crippen LogP contribution in [0.25, 0.3) is 0 Å². The first-order valence-electron chi connectivity index (χ1n) is 6.87. The van der Waals surface area contributed by atoms with Crippen LogP contribution in [0.2, 0.25) is 5.15 Å². The number of rotatable bonds is 6. The number of benzene rings is 1. The largest absolute Gasteiger partial charge is 0.496 e. The zero-order valence-electron chi connectivity index (χ0n) is 12.8. The fraction of sp³-hybridized carbons (Fsp3) is 0.267. The molecule has 0 spiro atoms. The van der Waals surface area contributed by atoms with Crippen molar-refractivity contribution in [3.63, 3.8) is 0 Å². The molecule has 23 heavy (non-hydrogen) atoms. The SMILES string of the molecule is COc1cccc(OC)c1CCNC(=S)Nc1nccnc1Cl. The van der Waals surface area contributed by atoms with E-state index in [1.165, 1.54) is 12.4 Å². The van der Waals surface area contributed by atoms with Crippen LogP contribution in [0.3, 0.4) is 0 Å². The molecule has 0 fully saturated rings. The predicted octanol–water partition coefficient (Wildman–Crippen LogP) is 2.68. The van der Waals surface area contributed by atoms with Gasteiger partial charge in [-0.1, -0.05) is 17.7 Å². The number of ether oxygens (including phenoxy) is 2. The summed E-state index contributed by atoms with van der Waals surface area (Å²) < 4.78 is 10.7. The highest BCUT2D eigenvalue weighted by atomic mass is 35.5. The molecule has 2 rings (SSSR count). The molecule has 0 aliphatic rings. The molecule has 0 unspecified atom stereocenters. The van der Waals surface area contributed by atoms with Gasteiger partial charge in [-0.15, -0.1) is 0 Å². The van der Waals surface area contributed by atoms with Crippen molar-refractivity contribution in [1.82, 2.24) is 15.3 Å². The van der Waals surface area contributed by atoms with E-state index in [0.717, 1.165) is 17.1 Å². The molecule has 0 aliphatic carbocycles. The summed E-state index contributed by atoms with van der Waals surface area (Å²) in [5, 5.41) is 6.68. The molecule has 1 aromatic heterocycles. The first-order chi connectivity index (χ1) is 11.2. The molecule has 0 aliphatic heterocycles. The first kappa shape index (κ1) is 17.2. The Kier molecular flexibility index (Phi) is 6.37. The lowest BCUT2D eigenvalue weighted by atomic mass is 10.1. The highest BCUT2D eigenvalue weighted by Crippen LogP contribution is 2.28. The zero-order chi connectivity index (χ0) is 16.7. The number of hydrogen-bond acceptors (Lipinski definition) is 5. The Labute approximate surface area is 145 Å². The number of methoxy groups -OCH3 is 2. The summed E-state index contributed by atoms with van der Waals surface area (Å²) in [5.41, 5.74) is 0.977. The summed E-state index contributed by atoms with van der Waals surface area (Å²) in [7, 11) is 3.27. The second kappa shape index (κ2) is 8.50. The number of nitrogens with one attached hydrogen (secondary N) is 2. The van der Waals surface area contributed by atoms with Crippen LogP contribution in [-0.4, -0.2) is 35.8 Å². The fourth-order valence-corrected chi connectivity index (χ4v) is 2.38. The van der Waals surface area contributed by atoms with Crippen LogP contribution in [0.15, 0.2) is 30.6 Å². The molecule has 0 amide bonds. The van der Waals surface area contributed by atoms with Crippen molar-refractivity contribution in [2.45, 2.75) is 6.42 Å². The van der Waals surface area contributed by atoms with E-state index >= 15 is 0 Å². The van der Waals surface area contributed by atoms with E-state index in [0.29, 0.717) is 23.9 Å². The summed E-state index contributed by atoms with van der Waals surface area (Å²) in [5.74, 6) is 1.98. The molecule has 0 atom stereocenters. The molecule has 0 saturated carbocycles. The van der Waals surface area contributed by atoms with Gasteiger partial charge < -0.3 is 20.1 Å². The van der Waals surface area contributed by atoms with E-state index in [2.05, 4.69) is 20.6 Å². The van der Waals surface area contributed by atoms with Gasteiger partial charge in [-0.3, -0.25) is 0 Å². The van der Waals surface area contributed by atoms with Crippen molar-refractivity contribution in [2.75, 3.05) is 26.1 Å². The molecule has 2 aromatic rings. The van der Waals surface area contributed by atoms with E-state index in [4.69, 9.17) is 33.3 Å². The zero-order valence-corrected chi connectivity index (χ0v) is 14.4. The van der Waals surface area contributed by atoms with E-state index in [1.54, 1.807) is 14.2 Å². The van der Waals surface area contributed by atoms with E-state index in [1.807, 2.05) is 18.2 Å². The molecule has 122 valence electrons. The normalized spacial score (nSPS) is 10.0. The monoisotopic (exact) mass is 352 g/mol. The van der Waals surface area contributed by atoms with E-state index in [-0.39, 0.29) is 5.15 Å². The van der Waals surface area contributed by atoms with Crippen LogP contribution >= 0.6 is 23.8 Å². The second-order valence-electron chi connectivity index (χ2n) is 4.47. The molecule has 0 saturated heterocycles. The van der Waals surface area contributed by atoms with Crippen LogP contribution < -0.4 is 20.1 Å². The van der Waals surface area contributed by atoms with Gasteiger partial charge in [-0.2, -0.15) is 0 Å². The van der Waals surface area contributed by atoms with Gasteiger partial charge in [0.25, 0.3) is 0 Å². The number of anilines is 1. The Morgan fingerprint density at radius 1 is 1.17 bits per heavy atom. The van der Waals surface area contributed by atoms with Gasteiger partial charge in [-0.25, -0.2) is 9.97 Å². The quantitative estimate of drug-likeness (QED) is 0.774. The number of aromatic nitrogens is 2. The molecule has 2 N–H and O–H groups in total. The van der Waals surface area contributed by atoms with Gasteiger partial charge in [-0.05, 0) is 30.8 Å². The number of thiocarbonyl (C=S) groups is 1. The molecule has 6 nitrogen and oxygen atoms in total. The van der Waals surface area contributed by atoms with Gasteiger partial charge in [0.2, 0.25) is 0 Å². The van der Waals surface area contributed by atoms with Gasteiger partial charge in [0, 0.05) is 24.5 Å². The molecule has 1 heterocycles. The Bertz CT molecular complexity index is 662. The number of nitrogens with zero attached hydrogens (tertiary/aromatic N) is 2. The van der Waals surface area contributed by atoms with Gasteiger partial charge >= 0.3 is 0 Å². The van der Waals surface area contributed by atoms with Crippen molar-refractivity contribution in [1.29, 1.82) is 0 Å². The van der Waals surface area contributed by atoms with Crippen molar-refractivity contribution < 1.29 is 9.47 Å². The number of halogens is 1. The summed E-state index contributed by atoms with van der Waals surface area (Å²) in [6.07, 6.45) is 3.73. The van der Waals surface area contributed by atoms with Crippen LogP contribution in [0.5, 0.6) is 11.5 Å². The molecule has 1 aromatic carbocycles. The van der Waals surface area contributed by atoms with Crippen molar-refractivity contribution in [2.24, 2.45) is 0 Å². The number of hydrogen-bond donors (Lipinski definition) is 2. The van der Waals surface area contributed by atoms with E-state index in [9.17, 15) is 0 Å². The van der Waals surface area contributed by atoms with Crippen LogP contribution in [-0.2, 0) is 6.42 Å². The summed E-state index contributed by atoms with van der Waals surface area (Å²) in [6, 6.07) is 5.68. The van der Waals surface area contributed by atoms with Crippen molar-refractivity contribution in [3.05, 3.63) is 41.3 Å². The predicted molar refractivity (Wildman–Crippen MR) is 94.5 cm³/mol. The summed E-state index contributed by atoms with van der Waals surface area (Å²) in [6.45, 7) is 0.598. The maximum atomic E-state index is 5.92.